The van der Waals surface area contributed by atoms with Gasteiger partial charge in [-0.1, -0.05) is 42.8 Å². The molecule has 1 heterocycles. The Kier molecular flexibility index (Phi) is 5.27. The molecule has 31 heavy (non-hydrogen) atoms. The van der Waals surface area contributed by atoms with Gasteiger partial charge in [0.1, 0.15) is 5.82 Å². The van der Waals surface area contributed by atoms with Crippen molar-refractivity contribution in [1.29, 1.82) is 0 Å². The third-order valence-corrected chi connectivity index (χ3v) is 7.33. The summed E-state index contributed by atoms with van der Waals surface area (Å²) in [5.41, 5.74) is 5.95. The van der Waals surface area contributed by atoms with Crippen LogP contribution in [0.3, 0.4) is 0 Å². The minimum atomic E-state index is -0.327. The summed E-state index contributed by atoms with van der Waals surface area (Å²) in [5.74, 6) is 0.216. The Morgan fingerprint density at radius 2 is 1.94 bits per heavy atom. The van der Waals surface area contributed by atoms with E-state index in [9.17, 15) is 9.50 Å². The van der Waals surface area contributed by atoms with E-state index in [1.165, 1.54) is 28.8 Å². The molecule has 3 atom stereocenters. The first-order valence-electron chi connectivity index (χ1n) is 11.3. The van der Waals surface area contributed by atoms with E-state index in [1.54, 1.807) is 12.1 Å². The van der Waals surface area contributed by atoms with E-state index in [-0.39, 0.29) is 17.3 Å². The van der Waals surface area contributed by atoms with Crippen molar-refractivity contribution in [2.24, 2.45) is 11.3 Å². The summed E-state index contributed by atoms with van der Waals surface area (Å²) in [6, 6.07) is 16.8. The van der Waals surface area contributed by atoms with E-state index in [4.69, 9.17) is 0 Å². The number of allylic oxidation sites excluding steroid dienone is 1. The van der Waals surface area contributed by atoms with Crippen LogP contribution in [-0.4, -0.2) is 21.0 Å². The maximum atomic E-state index is 13.4. The highest BCUT2D eigenvalue weighted by atomic mass is 19.1. The van der Waals surface area contributed by atoms with Crippen molar-refractivity contribution in [3.8, 4) is 5.69 Å². The van der Waals surface area contributed by atoms with Gasteiger partial charge in [0.2, 0.25) is 0 Å². The molecule has 3 aromatic rings. The molecule has 2 aliphatic carbocycles. The van der Waals surface area contributed by atoms with Gasteiger partial charge in [0.15, 0.2) is 0 Å². The molecule has 0 bridgehead atoms. The summed E-state index contributed by atoms with van der Waals surface area (Å²) in [6.07, 6.45) is 9.82. The fourth-order valence-electron chi connectivity index (χ4n) is 5.61. The molecule has 160 valence electrons. The fraction of sp³-hybridized carbons (Fsp3) is 0.370. The highest BCUT2D eigenvalue weighted by Crippen LogP contribution is 2.52. The lowest BCUT2D eigenvalue weighted by atomic mass is 9.58. The molecule has 0 spiro atoms. The predicted octanol–water partition coefficient (Wildman–Crippen LogP) is 5.75. The van der Waals surface area contributed by atoms with E-state index in [1.807, 2.05) is 29.1 Å². The second-order valence-electron chi connectivity index (χ2n) is 9.38. The Bertz CT molecular complexity index is 1090. The number of fused-ring (bicyclic) bond motifs is 2. The smallest absolute Gasteiger partial charge is 0.123 e. The SMILES string of the molecule is C[C@]12Cc3cnn(-c4ccc(F)cc4)c3C=C1CCC[C@@H]2C[C@H](O)Cc1ccccc1. The Balaban J connectivity index is 1.39. The highest BCUT2D eigenvalue weighted by molar-refractivity contribution is 5.61. The van der Waals surface area contributed by atoms with Crippen LogP contribution in [0.5, 0.6) is 0 Å². The molecule has 3 nitrogen and oxygen atoms in total. The average molecular weight is 417 g/mol. The molecule has 2 aliphatic rings. The summed E-state index contributed by atoms with van der Waals surface area (Å²) in [7, 11) is 0. The Hall–Kier alpha value is -2.72. The lowest BCUT2D eigenvalue weighted by Gasteiger charge is -2.46. The molecular formula is C27H29FN2O. The number of aliphatic hydroxyl groups excluding tert-OH is 1. The number of halogens is 1. The van der Waals surface area contributed by atoms with E-state index >= 15 is 0 Å². The Morgan fingerprint density at radius 1 is 1.16 bits per heavy atom. The van der Waals surface area contributed by atoms with Crippen molar-refractivity contribution < 1.29 is 9.50 Å². The third kappa shape index (κ3) is 3.85. The van der Waals surface area contributed by atoms with Crippen LogP contribution >= 0.6 is 0 Å². The van der Waals surface area contributed by atoms with Crippen molar-refractivity contribution >= 4 is 6.08 Å². The van der Waals surface area contributed by atoms with E-state index < -0.39 is 0 Å². The molecular weight excluding hydrogens is 387 g/mol. The van der Waals surface area contributed by atoms with Gasteiger partial charge in [0.25, 0.3) is 0 Å². The predicted molar refractivity (Wildman–Crippen MR) is 121 cm³/mol. The van der Waals surface area contributed by atoms with E-state index in [0.29, 0.717) is 12.3 Å². The summed E-state index contributed by atoms with van der Waals surface area (Å²) in [6.45, 7) is 2.37. The van der Waals surface area contributed by atoms with Crippen LogP contribution in [0.4, 0.5) is 4.39 Å². The second kappa shape index (κ2) is 8.08. The average Bonchev–Trinajstić information content (AvgIpc) is 3.16. The van der Waals surface area contributed by atoms with Crippen molar-refractivity contribution in [3.05, 3.63) is 89.0 Å². The molecule has 5 rings (SSSR count). The number of nitrogens with zero attached hydrogens (tertiary/aromatic N) is 2. The molecule has 0 aliphatic heterocycles. The zero-order chi connectivity index (χ0) is 21.4. The molecule has 1 saturated carbocycles. The quantitative estimate of drug-likeness (QED) is 0.575. The first kappa shape index (κ1) is 20.2. The van der Waals surface area contributed by atoms with Crippen LogP contribution in [0.25, 0.3) is 11.8 Å². The minimum Gasteiger partial charge on any atom is -0.393 e. The number of benzene rings is 2. The van der Waals surface area contributed by atoms with Crippen LogP contribution in [0.2, 0.25) is 0 Å². The molecule has 0 saturated heterocycles. The number of rotatable bonds is 5. The summed E-state index contributed by atoms with van der Waals surface area (Å²) < 4.78 is 15.3. The van der Waals surface area contributed by atoms with Crippen LogP contribution < -0.4 is 0 Å². The van der Waals surface area contributed by atoms with Crippen molar-refractivity contribution in [1.82, 2.24) is 9.78 Å². The molecule has 0 radical (unpaired) electrons. The molecule has 1 aromatic heterocycles. The van der Waals surface area contributed by atoms with Gasteiger partial charge in [-0.05, 0) is 91.3 Å². The third-order valence-electron chi connectivity index (χ3n) is 7.33. The minimum absolute atomic E-state index is 0.0551. The first-order valence-corrected chi connectivity index (χ1v) is 11.3. The van der Waals surface area contributed by atoms with Gasteiger partial charge >= 0.3 is 0 Å². The fourth-order valence-corrected chi connectivity index (χ4v) is 5.61. The van der Waals surface area contributed by atoms with E-state index in [0.717, 1.165) is 43.5 Å². The van der Waals surface area contributed by atoms with Crippen LogP contribution in [0.15, 0.2) is 66.4 Å². The van der Waals surface area contributed by atoms with Gasteiger partial charge in [-0.3, -0.25) is 0 Å². The number of aliphatic hydroxyl groups is 1. The number of aromatic nitrogens is 2. The zero-order valence-electron chi connectivity index (χ0n) is 18.0. The largest absolute Gasteiger partial charge is 0.393 e. The Labute approximate surface area is 183 Å². The first-order chi connectivity index (χ1) is 15.0. The maximum Gasteiger partial charge on any atom is 0.123 e. The molecule has 4 heteroatoms. The second-order valence-corrected chi connectivity index (χ2v) is 9.38. The van der Waals surface area contributed by atoms with Gasteiger partial charge in [-0.15, -0.1) is 0 Å². The number of hydrogen-bond donors (Lipinski definition) is 1. The normalized spacial score (nSPS) is 23.6. The van der Waals surface area contributed by atoms with Gasteiger partial charge in [0.05, 0.1) is 23.7 Å². The maximum absolute atomic E-state index is 13.4. The van der Waals surface area contributed by atoms with Crippen molar-refractivity contribution in [2.45, 2.75) is 51.6 Å². The number of hydrogen-bond acceptors (Lipinski definition) is 2. The van der Waals surface area contributed by atoms with Crippen molar-refractivity contribution in [3.63, 3.8) is 0 Å². The van der Waals surface area contributed by atoms with Gasteiger partial charge < -0.3 is 5.11 Å². The summed E-state index contributed by atoms with van der Waals surface area (Å²) in [4.78, 5) is 0. The van der Waals surface area contributed by atoms with Crippen LogP contribution in [0, 0.1) is 17.2 Å². The monoisotopic (exact) mass is 416 g/mol. The summed E-state index contributed by atoms with van der Waals surface area (Å²) >= 11 is 0. The Morgan fingerprint density at radius 3 is 2.71 bits per heavy atom. The van der Waals surface area contributed by atoms with Gasteiger partial charge in [0, 0.05) is 0 Å². The van der Waals surface area contributed by atoms with Crippen molar-refractivity contribution in [2.75, 3.05) is 0 Å². The van der Waals surface area contributed by atoms with Crippen LogP contribution in [-0.2, 0) is 12.8 Å². The lowest BCUT2D eigenvalue weighted by Crippen LogP contribution is -2.39. The summed E-state index contributed by atoms with van der Waals surface area (Å²) in [5, 5.41) is 15.5. The van der Waals surface area contributed by atoms with E-state index in [2.05, 4.69) is 30.2 Å². The van der Waals surface area contributed by atoms with Crippen LogP contribution in [0.1, 0.15) is 49.4 Å². The lowest BCUT2D eigenvalue weighted by molar-refractivity contribution is 0.0835. The highest BCUT2D eigenvalue weighted by Gasteiger charge is 2.43. The zero-order valence-corrected chi connectivity index (χ0v) is 18.0. The standard InChI is InChI=1S/C27H29FN2O/c1-27-17-20-18-29-30(24-12-10-23(28)11-13-24)26(20)16-22(27)9-5-8-21(27)15-25(31)14-19-6-3-2-4-7-19/h2-4,6-7,10-13,16,18,21,25,31H,5,8-9,14-15,17H2,1H3/t21-,25-,27-/m1/s1. The molecule has 2 aromatic carbocycles. The van der Waals surface area contributed by atoms with Gasteiger partial charge in [-0.25, -0.2) is 9.07 Å². The molecule has 0 unspecified atom stereocenters. The molecule has 1 N–H and O–H groups in total. The molecule has 0 amide bonds. The molecule has 1 fully saturated rings. The topological polar surface area (TPSA) is 38.0 Å². The van der Waals surface area contributed by atoms with Gasteiger partial charge in [-0.2, -0.15) is 5.10 Å².